The average molecular weight is 767 g/mol. The predicted octanol–water partition coefficient (Wildman–Crippen LogP) is 14.7. The molecule has 2 nitrogen and oxygen atoms in total. The van der Waals surface area contributed by atoms with Crippen LogP contribution in [-0.2, 0) is 5.41 Å². The molecule has 9 aromatic carbocycles. The van der Waals surface area contributed by atoms with Gasteiger partial charge < -0.3 is 0 Å². The van der Waals surface area contributed by atoms with E-state index in [0.717, 1.165) is 33.7 Å². The molecule has 0 N–H and O–H groups in total. The Labute approximate surface area is 346 Å². The average Bonchev–Trinajstić information content (AvgIpc) is 4.04. The molecule has 13 rings (SSSR count). The summed E-state index contributed by atoms with van der Waals surface area (Å²) in [5.74, 6) is 0.924. The molecule has 0 fully saturated rings. The summed E-state index contributed by atoms with van der Waals surface area (Å²) in [7, 11) is 0. The molecule has 0 radical (unpaired) electrons. The molecule has 0 amide bonds. The van der Waals surface area contributed by atoms with Crippen molar-refractivity contribution in [3.8, 4) is 61.6 Å². The highest BCUT2D eigenvalue weighted by atomic mass is 32.1. The molecule has 0 atom stereocenters. The molecule has 0 saturated carbocycles. The maximum atomic E-state index is 5.38. The van der Waals surface area contributed by atoms with E-state index in [1.807, 2.05) is 11.3 Å². The zero-order valence-electron chi connectivity index (χ0n) is 31.9. The van der Waals surface area contributed by atoms with Crippen LogP contribution in [-0.4, -0.2) is 9.55 Å². The van der Waals surface area contributed by atoms with Crippen LogP contribution in [0.2, 0.25) is 0 Å². The van der Waals surface area contributed by atoms with Gasteiger partial charge in [-0.3, -0.25) is 4.57 Å². The fraction of sp³-hybridized carbons (Fsp3) is 0.0179. The van der Waals surface area contributed by atoms with E-state index in [4.69, 9.17) is 4.98 Å². The molecule has 59 heavy (non-hydrogen) atoms. The molecular weight excluding hydrogens is 733 g/mol. The van der Waals surface area contributed by atoms with Gasteiger partial charge in [-0.2, -0.15) is 0 Å². The minimum Gasteiger partial charge on any atom is -0.292 e. The van der Waals surface area contributed by atoms with E-state index in [1.165, 1.54) is 81.4 Å². The van der Waals surface area contributed by atoms with E-state index in [0.29, 0.717) is 0 Å². The molecule has 3 heteroatoms. The van der Waals surface area contributed by atoms with Crippen molar-refractivity contribution in [2.75, 3.05) is 0 Å². The van der Waals surface area contributed by atoms with E-state index in [-0.39, 0.29) is 0 Å². The third kappa shape index (κ3) is 4.54. The third-order valence-electron chi connectivity index (χ3n) is 12.8. The Hall–Kier alpha value is -7.33. The monoisotopic (exact) mass is 766 g/mol. The van der Waals surface area contributed by atoms with Crippen LogP contribution in [0.5, 0.6) is 0 Å². The molecule has 2 heterocycles. The lowest BCUT2D eigenvalue weighted by molar-refractivity contribution is 0.794. The second-order valence-electron chi connectivity index (χ2n) is 15.8. The SMILES string of the molecule is c1ccc(-n2c(-c3cc(-c4ccc5c(c4)C4(c6ccccc6-c6ccccc64)c4ccccc4-5)cc(-c4cccc5c4sc4ccccc45)c3)nc3ccccc32)cc1. The Bertz CT molecular complexity index is 3450. The largest absolute Gasteiger partial charge is 0.292 e. The zero-order valence-corrected chi connectivity index (χ0v) is 32.7. The number of rotatable bonds is 4. The van der Waals surface area contributed by atoms with Gasteiger partial charge in [0.15, 0.2) is 0 Å². The van der Waals surface area contributed by atoms with Crippen molar-refractivity contribution in [1.29, 1.82) is 0 Å². The summed E-state index contributed by atoms with van der Waals surface area (Å²) in [5.41, 5.74) is 19.2. The van der Waals surface area contributed by atoms with Gasteiger partial charge in [-0.1, -0.05) is 152 Å². The quantitative estimate of drug-likeness (QED) is 0.174. The lowest BCUT2D eigenvalue weighted by Gasteiger charge is -2.30. The Morgan fingerprint density at radius 3 is 1.73 bits per heavy atom. The van der Waals surface area contributed by atoms with Crippen molar-refractivity contribution >= 4 is 42.5 Å². The van der Waals surface area contributed by atoms with Gasteiger partial charge in [0.25, 0.3) is 0 Å². The normalized spacial score (nSPS) is 13.2. The highest BCUT2D eigenvalue weighted by Crippen LogP contribution is 2.63. The van der Waals surface area contributed by atoms with Crippen LogP contribution < -0.4 is 0 Å². The van der Waals surface area contributed by atoms with E-state index in [2.05, 4.69) is 211 Å². The number of para-hydroxylation sites is 3. The molecule has 2 aliphatic carbocycles. The fourth-order valence-electron chi connectivity index (χ4n) is 10.4. The van der Waals surface area contributed by atoms with Gasteiger partial charge in [0, 0.05) is 31.4 Å². The fourth-order valence-corrected chi connectivity index (χ4v) is 11.6. The summed E-state index contributed by atoms with van der Waals surface area (Å²) >= 11 is 1.88. The maximum Gasteiger partial charge on any atom is 0.145 e. The van der Waals surface area contributed by atoms with Crippen LogP contribution in [0.1, 0.15) is 22.3 Å². The smallest absolute Gasteiger partial charge is 0.145 e. The van der Waals surface area contributed by atoms with Crippen LogP contribution in [0.4, 0.5) is 0 Å². The van der Waals surface area contributed by atoms with Crippen molar-refractivity contribution in [2.45, 2.75) is 5.41 Å². The van der Waals surface area contributed by atoms with Gasteiger partial charge in [-0.15, -0.1) is 11.3 Å². The van der Waals surface area contributed by atoms with Crippen LogP contribution in [0.15, 0.2) is 206 Å². The topological polar surface area (TPSA) is 17.8 Å². The van der Waals surface area contributed by atoms with Crippen molar-refractivity contribution in [1.82, 2.24) is 9.55 Å². The van der Waals surface area contributed by atoms with Gasteiger partial charge in [-0.05, 0) is 121 Å². The zero-order chi connectivity index (χ0) is 38.7. The van der Waals surface area contributed by atoms with Gasteiger partial charge in [0.2, 0.25) is 0 Å². The van der Waals surface area contributed by atoms with E-state index in [1.54, 1.807) is 0 Å². The standard InChI is InChI=1S/C56H34N2S/c1-2-15-39(16-3-1)58-52-27-12-11-26-51(52)57-55(58)38-32-36(31-37(33-38)40-21-14-22-46-45-20-7-13-28-53(45)59-54(40)46)35-29-30-44-43-19-6-10-25-49(43)56(50(44)34-35)47-23-8-4-17-41(47)42-18-5-9-24-48(42)56/h1-34H. The Morgan fingerprint density at radius 1 is 0.390 bits per heavy atom. The molecular formula is C56H34N2S. The molecule has 11 aromatic rings. The molecule has 1 spiro atoms. The van der Waals surface area contributed by atoms with Crippen LogP contribution in [0, 0.1) is 0 Å². The first kappa shape index (κ1) is 32.7. The van der Waals surface area contributed by atoms with Gasteiger partial charge >= 0.3 is 0 Å². The van der Waals surface area contributed by atoms with Crippen molar-refractivity contribution in [3.05, 3.63) is 229 Å². The predicted molar refractivity (Wildman–Crippen MR) is 247 cm³/mol. The number of benzene rings is 9. The lowest BCUT2D eigenvalue weighted by Crippen LogP contribution is -2.25. The number of aromatic nitrogens is 2. The molecule has 2 aliphatic rings. The minimum atomic E-state index is -0.417. The number of nitrogens with zero attached hydrogens (tertiary/aromatic N) is 2. The summed E-state index contributed by atoms with van der Waals surface area (Å²) in [6, 6.07) is 76.2. The number of hydrogen-bond acceptors (Lipinski definition) is 2. The number of thiophene rings is 1. The van der Waals surface area contributed by atoms with Gasteiger partial charge in [0.1, 0.15) is 5.82 Å². The molecule has 0 aliphatic heterocycles. The summed E-state index contributed by atoms with van der Waals surface area (Å²) in [4.78, 5) is 5.38. The van der Waals surface area contributed by atoms with E-state index in [9.17, 15) is 0 Å². The second kappa shape index (κ2) is 12.3. The van der Waals surface area contributed by atoms with E-state index < -0.39 is 5.41 Å². The summed E-state index contributed by atoms with van der Waals surface area (Å²) in [5, 5.41) is 2.60. The van der Waals surface area contributed by atoms with Crippen molar-refractivity contribution in [2.24, 2.45) is 0 Å². The Balaban J connectivity index is 1.10. The van der Waals surface area contributed by atoms with Gasteiger partial charge in [-0.25, -0.2) is 4.98 Å². The third-order valence-corrected chi connectivity index (χ3v) is 14.0. The first-order chi connectivity index (χ1) is 29.3. The van der Waals surface area contributed by atoms with E-state index >= 15 is 0 Å². The highest BCUT2D eigenvalue weighted by Gasteiger charge is 2.51. The van der Waals surface area contributed by atoms with Crippen LogP contribution >= 0.6 is 11.3 Å². The lowest BCUT2D eigenvalue weighted by atomic mass is 9.70. The molecule has 2 aromatic heterocycles. The first-order valence-electron chi connectivity index (χ1n) is 20.3. The summed E-state index contributed by atoms with van der Waals surface area (Å²) in [6.45, 7) is 0. The number of imidazole rings is 1. The molecule has 0 unspecified atom stereocenters. The number of fused-ring (bicyclic) bond motifs is 14. The van der Waals surface area contributed by atoms with Gasteiger partial charge in [0.05, 0.1) is 16.4 Å². The molecule has 274 valence electrons. The Morgan fingerprint density at radius 2 is 0.966 bits per heavy atom. The molecule has 0 saturated heterocycles. The summed E-state index contributed by atoms with van der Waals surface area (Å²) < 4.78 is 4.92. The summed E-state index contributed by atoms with van der Waals surface area (Å²) in [6.07, 6.45) is 0. The van der Waals surface area contributed by atoms with Crippen molar-refractivity contribution < 1.29 is 0 Å². The number of hydrogen-bond donors (Lipinski definition) is 0. The first-order valence-corrected chi connectivity index (χ1v) is 21.1. The van der Waals surface area contributed by atoms with Crippen molar-refractivity contribution in [3.63, 3.8) is 0 Å². The highest BCUT2D eigenvalue weighted by molar-refractivity contribution is 7.26. The minimum absolute atomic E-state index is 0.417. The Kier molecular flexibility index (Phi) is 6.84. The van der Waals surface area contributed by atoms with Crippen LogP contribution in [0.25, 0.3) is 92.8 Å². The van der Waals surface area contributed by atoms with Crippen LogP contribution in [0.3, 0.4) is 0 Å². The second-order valence-corrected chi connectivity index (χ2v) is 16.9. The molecule has 0 bridgehead atoms. The maximum absolute atomic E-state index is 5.38.